The van der Waals surface area contributed by atoms with Gasteiger partial charge in [0, 0.05) is 25.7 Å². The van der Waals surface area contributed by atoms with Crippen molar-refractivity contribution in [3.63, 3.8) is 0 Å². The molecule has 4 atom stereocenters. The van der Waals surface area contributed by atoms with Crippen LogP contribution in [0.5, 0.6) is 0 Å². The molecule has 1 aromatic rings. The number of hydrogen-bond donors (Lipinski definition) is 1. The highest BCUT2D eigenvalue weighted by molar-refractivity contribution is 7.47. The maximum atomic E-state index is 12.8. The maximum absolute atomic E-state index is 12.8. The molecule has 2 rings (SSSR count). The lowest BCUT2D eigenvalue weighted by atomic mass is 10.0. The van der Waals surface area contributed by atoms with E-state index in [0.717, 1.165) is 82.1 Å². The van der Waals surface area contributed by atoms with Crippen molar-refractivity contribution >= 4 is 19.8 Å². The zero-order valence-electron chi connectivity index (χ0n) is 38.6. The highest BCUT2D eigenvalue weighted by Gasteiger charge is 2.36. The number of carbonyl (C=O) groups is 2. The number of nitrogens with zero attached hydrogens (tertiary/aromatic N) is 1. The van der Waals surface area contributed by atoms with Gasteiger partial charge in [-0.25, -0.2) is 4.57 Å². The number of likely N-dealkylation sites (N-methyl/N-ethyl adjacent to an activating group) is 1. The molecule has 60 heavy (non-hydrogen) atoms. The topological polar surface area (TPSA) is 134 Å². The number of carbonyl (C=O) groups excluding carboxylic acids is 2. The molecule has 0 radical (unpaired) electrons. The Labute approximate surface area is 363 Å². The summed E-state index contributed by atoms with van der Waals surface area (Å²) in [4.78, 5) is 35.6. The molecule has 12 heteroatoms. The molecule has 1 aliphatic heterocycles. The molecule has 1 saturated heterocycles. The maximum Gasteiger partial charge on any atom is 0.472 e. The molecule has 3 unspecified atom stereocenters. The van der Waals surface area contributed by atoms with Gasteiger partial charge in [0.05, 0.1) is 40.0 Å². The van der Waals surface area contributed by atoms with E-state index in [1.165, 1.54) is 56.1 Å². The fraction of sp³-hybridized carbons (Fsp3) is 0.750. The number of phosphoric acid groups is 1. The summed E-state index contributed by atoms with van der Waals surface area (Å²) >= 11 is 0. The molecule has 1 N–H and O–H groups in total. The molecule has 1 fully saturated rings. The van der Waals surface area contributed by atoms with Gasteiger partial charge in [0.15, 0.2) is 6.10 Å². The molecule has 0 aromatic carbocycles. The van der Waals surface area contributed by atoms with Gasteiger partial charge < -0.3 is 28.0 Å². The normalized spacial score (nSPS) is 17.2. The Bertz CT molecular complexity index is 1460. The number of quaternary nitrogens is 1. The van der Waals surface area contributed by atoms with Gasteiger partial charge in [-0.3, -0.25) is 18.6 Å². The lowest BCUT2D eigenvalue weighted by Crippen LogP contribution is -2.37. The van der Waals surface area contributed by atoms with Crippen LogP contribution in [-0.2, 0) is 50.3 Å². The molecule has 1 aromatic heterocycles. The number of aryl methyl sites for hydroxylation is 2. The summed E-state index contributed by atoms with van der Waals surface area (Å²) in [6, 6.07) is 0. The van der Waals surface area contributed by atoms with Crippen LogP contribution in [0.15, 0.2) is 40.9 Å². The van der Waals surface area contributed by atoms with Gasteiger partial charge in [0.2, 0.25) is 0 Å². The van der Waals surface area contributed by atoms with Crippen LogP contribution in [0.3, 0.4) is 0 Å². The monoisotopic (exact) mass is 865 g/mol. The number of epoxide rings is 1. The first-order valence-corrected chi connectivity index (χ1v) is 24.7. The van der Waals surface area contributed by atoms with Crippen LogP contribution >= 0.6 is 7.82 Å². The van der Waals surface area contributed by atoms with E-state index in [0.29, 0.717) is 36.1 Å². The van der Waals surface area contributed by atoms with E-state index >= 15 is 0 Å². The molecule has 0 bridgehead atoms. The van der Waals surface area contributed by atoms with E-state index < -0.39 is 32.5 Å². The Morgan fingerprint density at radius 3 is 1.97 bits per heavy atom. The van der Waals surface area contributed by atoms with Crippen LogP contribution in [-0.4, -0.2) is 87.1 Å². The third-order valence-corrected chi connectivity index (χ3v) is 11.8. The van der Waals surface area contributed by atoms with Crippen molar-refractivity contribution in [3.8, 4) is 0 Å². The zero-order valence-corrected chi connectivity index (χ0v) is 39.5. The highest BCUT2D eigenvalue weighted by Crippen LogP contribution is 2.43. The van der Waals surface area contributed by atoms with Gasteiger partial charge in [-0.05, 0) is 82.8 Å². The predicted octanol–water partition coefficient (Wildman–Crippen LogP) is 11.6. The number of ether oxygens (including phenoxy) is 3. The number of furan rings is 1. The van der Waals surface area contributed by atoms with Crippen molar-refractivity contribution in [2.45, 2.75) is 187 Å². The molecule has 1 aliphatic rings. The van der Waals surface area contributed by atoms with Gasteiger partial charge >= 0.3 is 19.8 Å². The van der Waals surface area contributed by atoms with Gasteiger partial charge in [-0.2, -0.15) is 0 Å². The third-order valence-electron chi connectivity index (χ3n) is 10.8. The van der Waals surface area contributed by atoms with E-state index in [1.807, 2.05) is 21.1 Å². The molecule has 11 nitrogen and oxygen atoms in total. The minimum atomic E-state index is -4.41. The minimum absolute atomic E-state index is 0.0111. The summed E-state index contributed by atoms with van der Waals surface area (Å²) in [5.74, 6) is 1.37. The molecule has 0 saturated carbocycles. The lowest BCUT2D eigenvalue weighted by molar-refractivity contribution is -0.870. The average Bonchev–Trinajstić information content (AvgIpc) is 3.89. The number of rotatable bonds is 37. The van der Waals surface area contributed by atoms with Gasteiger partial charge in [-0.15, -0.1) is 0 Å². The summed E-state index contributed by atoms with van der Waals surface area (Å²) in [6.45, 7) is 8.56. The van der Waals surface area contributed by atoms with Crippen LogP contribution in [0.1, 0.15) is 165 Å². The number of unbranched alkanes of at least 4 members (excludes halogenated alkanes) is 10. The predicted molar refractivity (Wildman–Crippen MR) is 241 cm³/mol. The first-order chi connectivity index (χ1) is 28.7. The zero-order chi connectivity index (χ0) is 44.1. The smallest absolute Gasteiger partial charge is 0.466 e. The summed E-state index contributed by atoms with van der Waals surface area (Å²) in [5, 5.41) is 0. The van der Waals surface area contributed by atoms with Crippen molar-refractivity contribution in [2.75, 3.05) is 47.5 Å². The van der Waals surface area contributed by atoms with Crippen molar-refractivity contribution in [1.29, 1.82) is 0 Å². The van der Waals surface area contributed by atoms with Gasteiger partial charge in [-0.1, -0.05) is 108 Å². The number of hydrogen-bond acceptors (Lipinski definition) is 9. The van der Waals surface area contributed by atoms with Crippen molar-refractivity contribution in [3.05, 3.63) is 59.1 Å². The fourth-order valence-electron chi connectivity index (χ4n) is 6.75. The largest absolute Gasteiger partial charge is 0.472 e. The fourth-order valence-corrected chi connectivity index (χ4v) is 7.49. The molecule has 2 heterocycles. The second kappa shape index (κ2) is 31.3. The van der Waals surface area contributed by atoms with E-state index in [4.69, 9.17) is 27.7 Å². The molecule has 0 amide bonds. The quantitative estimate of drug-likeness (QED) is 0.0172. The highest BCUT2D eigenvalue weighted by atomic mass is 31.2. The third kappa shape index (κ3) is 26.7. The van der Waals surface area contributed by atoms with Crippen molar-refractivity contribution < 1.29 is 51.2 Å². The van der Waals surface area contributed by atoms with Crippen LogP contribution in [0.25, 0.3) is 0 Å². The minimum Gasteiger partial charge on any atom is -0.466 e. The van der Waals surface area contributed by atoms with Gasteiger partial charge in [0.25, 0.3) is 0 Å². The van der Waals surface area contributed by atoms with E-state index in [9.17, 15) is 19.0 Å². The Hall–Kier alpha value is -2.53. The van der Waals surface area contributed by atoms with Crippen molar-refractivity contribution in [1.82, 2.24) is 0 Å². The molecular formula is C48H83NO10P+. The first-order valence-electron chi connectivity index (χ1n) is 23.2. The lowest BCUT2D eigenvalue weighted by Gasteiger charge is -2.24. The number of phosphoric ester groups is 1. The van der Waals surface area contributed by atoms with E-state index in [2.05, 4.69) is 64.2 Å². The van der Waals surface area contributed by atoms with Crippen LogP contribution in [0.4, 0.5) is 0 Å². The standard InChI is InChI=1S/C48H82NO10P/c1-8-10-24-30-43-40(3)41(4)44(58-43)31-26-20-18-19-23-29-35-48(51)57-42(39-56-60(52,53)55-37-36-49(5,6)7)38-54-47(50)34-28-22-17-15-13-12-14-16-21-27-33-46-45(59-46)32-25-11-9-2/h12,14-15,17,21,27,42,45-46H,8-11,13,16,18-20,22-26,28-39H2,1-7H3/p+1/b14-12-,17-15-,27-21-/t42-,45?,46?/m1/s1. The van der Waals surface area contributed by atoms with E-state index in [-0.39, 0.29) is 26.1 Å². The summed E-state index contributed by atoms with van der Waals surface area (Å²) in [6.07, 6.45) is 33.5. The van der Waals surface area contributed by atoms with Crippen molar-refractivity contribution in [2.24, 2.45) is 0 Å². The summed E-state index contributed by atoms with van der Waals surface area (Å²) in [5.41, 5.74) is 2.60. The molecule has 0 spiro atoms. The molecular weight excluding hydrogens is 781 g/mol. The SMILES string of the molecule is CCCCCc1oc(CCCCCCCCC(=O)O[C@H](COC(=O)CCC/C=C\C/C=C\C/C=C\CC2OC2CCCCC)COP(=O)(O)OCC[N+](C)(C)C)c(C)c1C. The Kier molecular flexibility index (Phi) is 28.0. The van der Waals surface area contributed by atoms with E-state index in [1.54, 1.807) is 0 Å². The Morgan fingerprint density at radius 1 is 0.717 bits per heavy atom. The Balaban J connectivity index is 1.66. The Morgan fingerprint density at radius 2 is 1.30 bits per heavy atom. The van der Waals surface area contributed by atoms with Crippen LogP contribution < -0.4 is 0 Å². The average molecular weight is 865 g/mol. The van der Waals surface area contributed by atoms with Crippen LogP contribution in [0.2, 0.25) is 0 Å². The molecule has 344 valence electrons. The number of allylic oxidation sites excluding steroid dienone is 5. The van der Waals surface area contributed by atoms with Crippen LogP contribution in [0, 0.1) is 13.8 Å². The van der Waals surface area contributed by atoms with Gasteiger partial charge in [0.1, 0.15) is 31.3 Å². The first kappa shape index (κ1) is 53.6. The second-order valence-electron chi connectivity index (χ2n) is 17.4. The summed E-state index contributed by atoms with van der Waals surface area (Å²) < 4.78 is 46.3. The summed E-state index contributed by atoms with van der Waals surface area (Å²) in [7, 11) is 1.41. The second-order valence-corrected chi connectivity index (χ2v) is 18.9. The molecule has 0 aliphatic carbocycles. The number of esters is 2.